The molecule has 262 valence electrons. The molecule has 0 aliphatic carbocycles. The van der Waals surface area contributed by atoms with Gasteiger partial charge in [-0.05, 0) is 51.7 Å². The quantitative estimate of drug-likeness (QED) is 0.162. The number of para-hydroxylation sites is 2. The van der Waals surface area contributed by atoms with Crippen molar-refractivity contribution >= 4 is 43.6 Å². The fourth-order valence-corrected chi connectivity index (χ4v) is 7.50. The standard InChI is InChI=1S/C47H34N6.Pt/c1-47(2,3)33-26-27-48-44(28-33)52-41-21-13-11-19-37(41)39-24-22-34(29-43(39)52)51-40-20-12-10-18-36(40)38-25-23-35(30-42(38)51)53-49-45(31-14-6-4-7-15-31)46(50-53)32-16-8-5-9-17-32;/h4-28H,1-3H3;/q-2;+2. The Morgan fingerprint density at radius 3 is 1.59 bits per heavy atom. The third-order valence-corrected chi connectivity index (χ3v) is 10.1. The maximum atomic E-state index is 5.07. The first-order valence-electron chi connectivity index (χ1n) is 17.9. The van der Waals surface area contributed by atoms with Crippen LogP contribution in [-0.2, 0) is 26.5 Å². The van der Waals surface area contributed by atoms with Gasteiger partial charge in [-0.3, -0.25) is 0 Å². The number of aromatic nitrogens is 6. The van der Waals surface area contributed by atoms with Crippen LogP contribution in [-0.4, -0.2) is 29.1 Å². The molecule has 0 aliphatic rings. The minimum absolute atomic E-state index is 0. The van der Waals surface area contributed by atoms with Crippen LogP contribution in [0.4, 0.5) is 0 Å². The first-order valence-corrected chi connectivity index (χ1v) is 17.9. The number of rotatable bonds is 5. The number of fused-ring (bicyclic) bond motifs is 6. The summed E-state index contributed by atoms with van der Waals surface area (Å²) in [7, 11) is 0. The van der Waals surface area contributed by atoms with Crippen LogP contribution in [0.2, 0.25) is 0 Å². The van der Waals surface area contributed by atoms with Crippen LogP contribution in [0.3, 0.4) is 0 Å². The molecular weight excluding hydrogens is 844 g/mol. The summed E-state index contributed by atoms with van der Waals surface area (Å²) in [5.41, 5.74) is 10.6. The third kappa shape index (κ3) is 5.48. The van der Waals surface area contributed by atoms with E-state index in [4.69, 9.17) is 15.2 Å². The predicted molar refractivity (Wildman–Crippen MR) is 215 cm³/mol. The van der Waals surface area contributed by atoms with Gasteiger partial charge in [-0.25, -0.2) is 4.98 Å². The SMILES string of the molecule is CC(C)(C)c1ccnc(-n2c3[c-]c(-n4c5[c-]c(-n6nc(-c7ccccc7)c(-c7ccccc7)n6)ccc5c5ccccc54)ccc3c3ccccc32)c1.[Pt+2]. The van der Waals surface area contributed by atoms with Crippen LogP contribution < -0.4 is 0 Å². The number of hydrogen-bond donors (Lipinski definition) is 0. The molecule has 7 heteroatoms. The van der Waals surface area contributed by atoms with E-state index in [9.17, 15) is 0 Å². The van der Waals surface area contributed by atoms with Crippen molar-refractivity contribution in [3.63, 3.8) is 0 Å². The molecule has 0 amide bonds. The molecule has 4 heterocycles. The molecule has 0 aliphatic heterocycles. The predicted octanol–water partition coefficient (Wildman–Crippen LogP) is 11.1. The zero-order chi connectivity index (χ0) is 35.7. The summed E-state index contributed by atoms with van der Waals surface area (Å²) >= 11 is 0. The van der Waals surface area contributed by atoms with Gasteiger partial charge in [0.25, 0.3) is 0 Å². The van der Waals surface area contributed by atoms with Gasteiger partial charge in [0.2, 0.25) is 0 Å². The molecule has 6 aromatic carbocycles. The van der Waals surface area contributed by atoms with E-state index in [1.165, 1.54) is 5.56 Å². The Morgan fingerprint density at radius 2 is 1.00 bits per heavy atom. The Balaban J connectivity index is 0.00000384. The van der Waals surface area contributed by atoms with Gasteiger partial charge in [-0.2, -0.15) is 16.9 Å². The zero-order valence-electron chi connectivity index (χ0n) is 29.9. The van der Waals surface area contributed by atoms with Crippen molar-refractivity contribution in [2.75, 3.05) is 0 Å². The van der Waals surface area contributed by atoms with Crippen molar-refractivity contribution < 1.29 is 21.1 Å². The smallest absolute Gasteiger partial charge is 0.358 e. The molecule has 6 nitrogen and oxygen atoms in total. The molecule has 10 rings (SSSR count). The fourth-order valence-electron chi connectivity index (χ4n) is 7.50. The Hall–Kier alpha value is -6.10. The Bertz CT molecular complexity index is 2930. The number of hydrogen-bond acceptors (Lipinski definition) is 3. The van der Waals surface area contributed by atoms with Crippen LogP contribution >= 0.6 is 0 Å². The van der Waals surface area contributed by atoms with Gasteiger partial charge in [0.05, 0.1) is 0 Å². The van der Waals surface area contributed by atoms with Crippen molar-refractivity contribution in [2.45, 2.75) is 26.2 Å². The van der Waals surface area contributed by atoms with Crippen LogP contribution in [0.15, 0.2) is 152 Å². The second-order valence-corrected chi connectivity index (χ2v) is 14.5. The van der Waals surface area contributed by atoms with Crippen molar-refractivity contribution in [2.24, 2.45) is 0 Å². The minimum atomic E-state index is -0.0189. The molecule has 0 bridgehead atoms. The van der Waals surface area contributed by atoms with E-state index in [1.54, 1.807) is 4.80 Å². The fraction of sp³-hybridized carbons (Fsp3) is 0.0851. The molecule has 10 aromatic rings. The summed E-state index contributed by atoms with van der Waals surface area (Å²) < 4.78 is 4.50. The Labute approximate surface area is 327 Å². The second-order valence-electron chi connectivity index (χ2n) is 14.5. The number of benzene rings is 6. The van der Waals surface area contributed by atoms with Gasteiger partial charge < -0.3 is 9.13 Å². The van der Waals surface area contributed by atoms with Gasteiger partial charge in [0.15, 0.2) is 0 Å². The average molecular weight is 878 g/mol. The summed E-state index contributed by atoms with van der Waals surface area (Å²) in [6.07, 6.45) is 1.92. The van der Waals surface area contributed by atoms with E-state index in [1.807, 2.05) is 42.6 Å². The number of nitrogens with zero attached hydrogens (tertiary/aromatic N) is 6. The molecule has 0 spiro atoms. The molecular formula is C47H34N6Pt. The summed E-state index contributed by atoms with van der Waals surface area (Å²) in [5.74, 6) is 0.876. The van der Waals surface area contributed by atoms with Gasteiger partial charge in [0.1, 0.15) is 17.2 Å². The largest absolute Gasteiger partial charge is 2.00 e. The van der Waals surface area contributed by atoms with Crippen molar-refractivity contribution in [3.8, 4) is 39.7 Å². The van der Waals surface area contributed by atoms with Crippen LogP contribution in [0.5, 0.6) is 0 Å². The van der Waals surface area contributed by atoms with Crippen LogP contribution in [0, 0.1) is 12.1 Å². The van der Waals surface area contributed by atoms with Crippen molar-refractivity contribution in [1.29, 1.82) is 0 Å². The molecule has 0 N–H and O–H groups in total. The Morgan fingerprint density at radius 1 is 0.500 bits per heavy atom. The minimum Gasteiger partial charge on any atom is -0.358 e. The summed E-state index contributed by atoms with van der Waals surface area (Å²) in [6, 6.07) is 58.0. The Kier molecular flexibility index (Phi) is 8.17. The monoisotopic (exact) mass is 877 g/mol. The van der Waals surface area contributed by atoms with Gasteiger partial charge in [-0.15, -0.1) is 45.2 Å². The topological polar surface area (TPSA) is 53.5 Å². The van der Waals surface area contributed by atoms with Gasteiger partial charge >= 0.3 is 21.1 Å². The van der Waals surface area contributed by atoms with E-state index in [0.29, 0.717) is 0 Å². The molecule has 0 fully saturated rings. The summed E-state index contributed by atoms with van der Waals surface area (Å²) in [6.45, 7) is 6.71. The normalized spacial score (nSPS) is 11.8. The van der Waals surface area contributed by atoms with Gasteiger partial charge in [0, 0.05) is 28.4 Å². The molecule has 0 saturated heterocycles. The van der Waals surface area contributed by atoms with Crippen molar-refractivity contribution in [3.05, 3.63) is 169 Å². The molecule has 0 radical (unpaired) electrons. The molecule has 0 saturated carbocycles. The summed E-state index contributed by atoms with van der Waals surface area (Å²) in [4.78, 5) is 6.61. The van der Waals surface area contributed by atoms with Crippen LogP contribution in [0.25, 0.3) is 83.3 Å². The molecule has 4 aromatic heterocycles. The third-order valence-electron chi connectivity index (χ3n) is 10.1. The van der Waals surface area contributed by atoms with E-state index in [-0.39, 0.29) is 26.5 Å². The summed E-state index contributed by atoms with van der Waals surface area (Å²) in [5, 5.41) is 14.7. The van der Waals surface area contributed by atoms with Gasteiger partial charge in [-0.1, -0.05) is 135 Å². The maximum absolute atomic E-state index is 5.07. The number of pyridine rings is 1. The van der Waals surface area contributed by atoms with Crippen LogP contribution in [0.1, 0.15) is 26.3 Å². The molecule has 54 heavy (non-hydrogen) atoms. The zero-order valence-corrected chi connectivity index (χ0v) is 32.2. The first-order chi connectivity index (χ1) is 25.9. The maximum Gasteiger partial charge on any atom is 2.00 e. The molecule has 0 atom stereocenters. The first kappa shape index (κ1) is 33.7. The second kappa shape index (κ2) is 13.1. The van der Waals surface area contributed by atoms with Crippen molar-refractivity contribution in [1.82, 2.24) is 29.1 Å². The van der Waals surface area contributed by atoms with E-state index < -0.39 is 0 Å². The van der Waals surface area contributed by atoms with E-state index in [2.05, 4.69) is 151 Å². The molecule has 0 unspecified atom stereocenters. The van der Waals surface area contributed by atoms with E-state index in [0.717, 1.165) is 83.3 Å². The van der Waals surface area contributed by atoms with E-state index >= 15 is 0 Å². The average Bonchev–Trinajstić information content (AvgIpc) is 3.89.